The fraction of sp³-hybridized carbons (Fsp3) is 0.182. The van der Waals surface area contributed by atoms with Crippen molar-refractivity contribution in [3.63, 3.8) is 0 Å². The number of aromatic nitrogens is 2. The van der Waals surface area contributed by atoms with E-state index in [4.69, 9.17) is 16.3 Å². The van der Waals surface area contributed by atoms with E-state index in [0.717, 1.165) is 10.4 Å². The molecule has 0 aliphatic rings. The maximum Gasteiger partial charge on any atom is 0.341 e. The van der Waals surface area contributed by atoms with Crippen LogP contribution in [0.1, 0.15) is 20.8 Å². The fourth-order valence-electron chi connectivity index (χ4n) is 3.34. The molecule has 10 heteroatoms. The third kappa shape index (κ3) is 3.94. The molecule has 0 saturated carbocycles. The van der Waals surface area contributed by atoms with Crippen molar-refractivity contribution in [2.45, 2.75) is 20.4 Å². The molecule has 4 rings (SSSR count). The number of hydrogen-bond donors (Lipinski definition) is 1. The van der Waals surface area contributed by atoms with Crippen LogP contribution in [0, 0.1) is 13.8 Å². The minimum Gasteiger partial charge on any atom is -0.465 e. The molecule has 0 radical (unpaired) electrons. The van der Waals surface area contributed by atoms with Crippen LogP contribution in [0.4, 0.5) is 5.00 Å². The Morgan fingerprint density at radius 2 is 1.97 bits per heavy atom. The number of esters is 1. The lowest BCUT2D eigenvalue weighted by atomic mass is 10.0. The van der Waals surface area contributed by atoms with Crippen LogP contribution in [-0.2, 0) is 16.1 Å². The number of methoxy groups -OCH3 is 1. The van der Waals surface area contributed by atoms with Crippen molar-refractivity contribution in [3.05, 3.63) is 67.4 Å². The molecule has 1 aromatic carbocycles. The summed E-state index contributed by atoms with van der Waals surface area (Å²) >= 11 is 8.93. The van der Waals surface area contributed by atoms with E-state index in [9.17, 15) is 14.4 Å². The molecular formula is C22H18ClN3O4S2. The Bertz CT molecular complexity index is 1420. The summed E-state index contributed by atoms with van der Waals surface area (Å²) in [6, 6.07) is 7.10. The number of nitrogens with zero attached hydrogens (tertiary/aromatic N) is 2. The van der Waals surface area contributed by atoms with Crippen molar-refractivity contribution in [2.24, 2.45) is 0 Å². The molecule has 0 fully saturated rings. The maximum atomic E-state index is 12.9. The smallest absolute Gasteiger partial charge is 0.341 e. The lowest BCUT2D eigenvalue weighted by Crippen LogP contribution is -2.28. The van der Waals surface area contributed by atoms with Crippen LogP contribution in [0.25, 0.3) is 21.3 Å². The van der Waals surface area contributed by atoms with Crippen molar-refractivity contribution in [1.82, 2.24) is 9.55 Å². The number of halogens is 1. The molecule has 7 nitrogen and oxygen atoms in total. The molecule has 0 aliphatic carbocycles. The molecule has 4 aromatic rings. The highest BCUT2D eigenvalue weighted by Gasteiger charge is 2.24. The highest BCUT2D eigenvalue weighted by Crippen LogP contribution is 2.39. The summed E-state index contributed by atoms with van der Waals surface area (Å²) < 4.78 is 6.19. The van der Waals surface area contributed by atoms with Crippen molar-refractivity contribution in [1.29, 1.82) is 0 Å². The number of benzene rings is 1. The predicted molar refractivity (Wildman–Crippen MR) is 128 cm³/mol. The van der Waals surface area contributed by atoms with Gasteiger partial charge in [-0.2, -0.15) is 0 Å². The number of carbonyl (C=O) groups excluding carboxylic acids is 2. The zero-order valence-electron chi connectivity index (χ0n) is 17.4. The number of rotatable bonds is 5. The number of nitrogens with one attached hydrogen (secondary N) is 1. The topological polar surface area (TPSA) is 90.3 Å². The number of ether oxygens (including phenoxy) is 1. The Morgan fingerprint density at radius 3 is 2.69 bits per heavy atom. The number of fused-ring (bicyclic) bond motifs is 1. The summed E-state index contributed by atoms with van der Waals surface area (Å²) in [5, 5.41) is 5.78. The molecule has 0 atom stereocenters. The van der Waals surface area contributed by atoms with Gasteiger partial charge in [-0.3, -0.25) is 14.2 Å². The molecule has 1 amide bonds. The second-order valence-electron chi connectivity index (χ2n) is 7.01. The van der Waals surface area contributed by atoms with Crippen LogP contribution in [0.2, 0.25) is 5.02 Å². The molecule has 3 aromatic heterocycles. The van der Waals surface area contributed by atoms with Gasteiger partial charge in [0.15, 0.2) is 0 Å². The van der Waals surface area contributed by atoms with Gasteiger partial charge in [-0.25, -0.2) is 9.78 Å². The van der Waals surface area contributed by atoms with Crippen molar-refractivity contribution < 1.29 is 14.3 Å². The second-order valence-corrected chi connectivity index (χ2v) is 9.50. The summed E-state index contributed by atoms with van der Waals surface area (Å²) in [6.07, 6.45) is 1.37. The number of aryl methyl sites for hydroxylation is 2. The van der Waals surface area contributed by atoms with Crippen LogP contribution >= 0.6 is 34.3 Å². The minimum atomic E-state index is -0.596. The molecule has 0 spiro atoms. The molecule has 32 heavy (non-hydrogen) atoms. The lowest BCUT2D eigenvalue weighted by molar-refractivity contribution is -0.116. The minimum absolute atomic E-state index is 0.212. The zero-order valence-corrected chi connectivity index (χ0v) is 19.8. The number of carbonyl (C=O) groups is 2. The van der Waals surface area contributed by atoms with Gasteiger partial charge < -0.3 is 10.1 Å². The van der Waals surface area contributed by atoms with Crippen LogP contribution in [0.5, 0.6) is 0 Å². The van der Waals surface area contributed by atoms with Crippen LogP contribution in [0.15, 0.2) is 40.8 Å². The van der Waals surface area contributed by atoms with E-state index < -0.39 is 11.9 Å². The highest BCUT2D eigenvalue weighted by atomic mass is 35.5. The molecule has 1 N–H and O–H groups in total. The largest absolute Gasteiger partial charge is 0.465 e. The average Bonchev–Trinajstić information content (AvgIpc) is 3.30. The molecule has 0 unspecified atom stereocenters. The van der Waals surface area contributed by atoms with Gasteiger partial charge in [0.2, 0.25) is 5.91 Å². The first kappa shape index (κ1) is 22.2. The Hall–Kier alpha value is -3.01. The Morgan fingerprint density at radius 1 is 1.22 bits per heavy atom. The first-order valence-electron chi connectivity index (χ1n) is 9.51. The van der Waals surface area contributed by atoms with Gasteiger partial charge in [-0.05, 0) is 25.5 Å². The average molecular weight is 488 g/mol. The zero-order chi connectivity index (χ0) is 23.0. The summed E-state index contributed by atoms with van der Waals surface area (Å²) in [5.74, 6) is -1.06. The predicted octanol–water partition coefficient (Wildman–Crippen LogP) is 4.88. The Kier molecular flexibility index (Phi) is 6.14. The number of anilines is 1. The van der Waals surface area contributed by atoms with Crippen molar-refractivity contribution in [3.8, 4) is 11.1 Å². The van der Waals surface area contributed by atoms with Gasteiger partial charge >= 0.3 is 5.97 Å². The lowest BCUT2D eigenvalue weighted by Gasteiger charge is -2.09. The van der Waals surface area contributed by atoms with E-state index in [2.05, 4.69) is 10.3 Å². The number of hydrogen-bond acceptors (Lipinski definition) is 7. The fourth-order valence-corrected chi connectivity index (χ4v) is 5.53. The standard InChI is InChI=1S/C22H18ClN3O4S2/c1-11-12(2)32-19-17(11)21(28)26(10-24-19)8-16(27)25-20-18(22(29)30-3)14(9-31-20)13-6-4-5-7-15(13)23/h4-7,9-10H,8H2,1-3H3,(H,25,27). The van der Waals surface area contributed by atoms with Crippen molar-refractivity contribution in [2.75, 3.05) is 12.4 Å². The molecule has 0 saturated heterocycles. The normalized spacial score (nSPS) is 11.0. The third-order valence-corrected chi connectivity index (χ3v) is 7.41. The monoisotopic (exact) mass is 487 g/mol. The third-order valence-electron chi connectivity index (χ3n) is 5.07. The van der Waals surface area contributed by atoms with E-state index in [1.165, 1.54) is 40.7 Å². The highest BCUT2D eigenvalue weighted by molar-refractivity contribution is 7.18. The van der Waals surface area contributed by atoms with Crippen LogP contribution in [-0.4, -0.2) is 28.5 Å². The van der Waals surface area contributed by atoms with E-state index in [0.29, 0.717) is 31.4 Å². The summed E-state index contributed by atoms with van der Waals surface area (Å²) in [7, 11) is 1.27. The number of thiophene rings is 2. The van der Waals surface area contributed by atoms with E-state index in [1.54, 1.807) is 23.6 Å². The van der Waals surface area contributed by atoms with Gasteiger partial charge in [0.25, 0.3) is 5.56 Å². The Labute approximate surface area is 196 Å². The molecule has 0 aliphatic heterocycles. The first-order valence-corrected chi connectivity index (χ1v) is 11.6. The van der Waals surface area contributed by atoms with Gasteiger partial charge in [0.05, 0.1) is 18.8 Å². The van der Waals surface area contributed by atoms with Crippen LogP contribution in [0.3, 0.4) is 0 Å². The first-order chi connectivity index (χ1) is 15.3. The second kappa shape index (κ2) is 8.85. The summed E-state index contributed by atoms with van der Waals surface area (Å²) in [6.45, 7) is 3.56. The number of amides is 1. The molecule has 164 valence electrons. The molecular weight excluding hydrogens is 470 g/mol. The van der Waals surface area contributed by atoms with Gasteiger partial charge in [-0.15, -0.1) is 22.7 Å². The molecule has 0 bridgehead atoms. The van der Waals surface area contributed by atoms with E-state index in [1.807, 2.05) is 19.9 Å². The maximum absolute atomic E-state index is 12.9. The van der Waals surface area contributed by atoms with E-state index in [-0.39, 0.29) is 17.7 Å². The van der Waals surface area contributed by atoms with Gasteiger partial charge in [0, 0.05) is 26.4 Å². The van der Waals surface area contributed by atoms with Gasteiger partial charge in [0.1, 0.15) is 21.9 Å². The quantitative estimate of drug-likeness (QED) is 0.405. The van der Waals surface area contributed by atoms with E-state index >= 15 is 0 Å². The SMILES string of the molecule is COC(=O)c1c(-c2ccccc2Cl)csc1NC(=O)Cn1cnc2sc(C)c(C)c2c1=O. The summed E-state index contributed by atoms with van der Waals surface area (Å²) in [5.41, 5.74) is 2.02. The van der Waals surface area contributed by atoms with Crippen molar-refractivity contribution >= 4 is 61.4 Å². The Balaban J connectivity index is 1.66. The molecule has 3 heterocycles. The summed E-state index contributed by atoms with van der Waals surface area (Å²) in [4.78, 5) is 44.1. The van der Waals surface area contributed by atoms with Gasteiger partial charge in [-0.1, -0.05) is 29.8 Å². The van der Waals surface area contributed by atoms with Crippen LogP contribution < -0.4 is 10.9 Å².